The van der Waals surface area contributed by atoms with Crippen LogP contribution >= 0.6 is 8.25 Å². The van der Waals surface area contributed by atoms with Gasteiger partial charge in [0.1, 0.15) is 0 Å². The molecule has 1 fully saturated rings. The Kier molecular flexibility index (Phi) is 2.96. The highest BCUT2D eigenvalue weighted by Crippen LogP contribution is 2.49. The predicted octanol–water partition coefficient (Wildman–Crippen LogP) is 3.19. The highest BCUT2D eigenvalue weighted by Gasteiger charge is 2.37. The molecule has 0 aromatic heterocycles. The van der Waals surface area contributed by atoms with Crippen molar-refractivity contribution in [2.45, 2.75) is 20.0 Å². The van der Waals surface area contributed by atoms with Crippen LogP contribution in [-0.2, 0) is 13.6 Å². The van der Waals surface area contributed by atoms with Crippen molar-refractivity contribution < 1.29 is 13.6 Å². The van der Waals surface area contributed by atoms with E-state index in [0.29, 0.717) is 6.61 Å². The normalized spacial score (nSPS) is 30.0. The lowest BCUT2D eigenvalue weighted by molar-refractivity contribution is -0.0165. The van der Waals surface area contributed by atoms with Crippen LogP contribution in [0.2, 0.25) is 0 Å². The molecule has 2 atom stereocenters. The minimum absolute atomic E-state index is 0.139. The van der Waals surface area contributed by atoms with Crippen molar-refractivity contribution in [1.29, 1.82) is 0 Å². The Balaban J connectivity index is 2.29. The van der Waals surface area contributed by atoms with Crippen molar-refractivity contribution in [3.63, 3.8) is 0 Å². The fourth-order valence-corrected chi connectivity index (χ4v) is 2.96. The lowest BCUT2D eigenvalue weighted by atomic mass is 9.83. The zero-order valence-electron chi connectivity index (χ0n) is 8.90. The van der Waals surface area contributed by atoms with E-state index in [4.69, 9.17) is 9.05 Å². The molecule has 1 aromatic carbocycles. The zero-order chi connectivity index (χ0) is 10.9. The van der Waals surface area contributed by atoms with E-state index in [1.165, 1.54) is 0 Å². The van der Waals surface area contributed by atoms with Crippen LogP contribution in [0.3, 0.4) is 0 Å². The first-order chi connectivity index (χ1) is 7.09. The molecule has 3 nitrogen and oxygen atoms in total. The van der Waals surface area contributed by atoms with Gasteiger partial charge in [0.2, 0.25) is 0 Å². The average Bonchev–Trinajstić information content (AvgIpc) is 2.23. The van der Waals surface area contributed by atoms with E-state index in [-0.39, 0.29) is 11.5 Å². The van der Waals surface area contributed by atoms with E-state index in [1.807, 2.05) is 30.3 Å². The van der Waals surface area contributed by atoms with E-state index in [9.17, 15) is 4.57 Å². The summed E-state index contributed by atoms with van der Waals surface area (Å²) in [6, 6.07) is 9.86. The standard InChI is InChI=1S/C11H15O3P/c1-11(2)8-13-15(12)14-10(11)9-6-4-3-5-7-9/h3-7,10,15H,8H2,1-2H3. The Hall–Kier alpha value is -0.630. The molecule has 1 aliphatic heterocycles. The quantitative estimate of drug-likeness (QED) is 0.690. The van der Waals surface area contributed by atoms with Crippen LogP contribution in [0.1, 0.15) is 25.5 Å². The van der Waals surface area contributed by atoms with E-state index in [1.54, 1.807) is 0 Å². The summed E-state index contributed by atoms with van der Waals surface area (Å²) in [5.74, 6) is 0. The summed E-state index contributed by atoms with van der Waals surface area (Å²) in [4.78, 5) is 0. The second kappa shape index (κ2) is 4.09. The van der Waals surface area contributed by atoms with Crippen LogP contribution in [0, 0.1) is 5.41 Å². The molecule has 0 aliphatic carbocycles. The first-order valence-electron chi connectivity index (χ1n) is 4.98. The van der Waals surface area contributed by atoms with Gasteiger partial charge < -0.3 is 9.05 Å². The number of benzene rings is 1. The molecule has 1 aliphatic rings. The van der Waals surface area contributed by atoms with Gasteiger partial charge in [0.15, 0.2) is 0 Å². The third-order valence-electron chi connectivity index (χ3n) is 2.59. The van der Waals surface area contributed by atoms with Crippen LogP contribution < -0.4 is 0 Å². The molecule has 2 unspecified atom stereocenters. The van der Waals surface area contributed by atoms with E-state index < -0.39 is 8.25 Å². The molecule has 4 heteroatoms. The molecular weight excluding hydrogens is 211 g/mol. The third kappa shape index (κ3) is 2.31. The van der Waals surface area contributed by atoms with Crippen LogP contribution in [0.15, 0.2) is 30.3 Å². The van der Waals surface area contributed by atoms with E-state index in [2.05, 4.69) is 13.8 Å². The van der Waals surface area contributed by atoms with Gasteiger partial charge in [-0.2, -0.15) is 0 Å². The Bertz CT molecular complexity index is 361. The summed E-state index contributed by atoms with van der Waals surface area (Å²) >= 11 is 0. The van der Waals surface area contributed by atoms with Crippen LogP contribution in [0.25, 0.3) is 0 Å². The van der Waals surface area contributed by atoms with Gasteiger partial charge in [-0.05, 0) is 5.56 Å². The van der Waals surface area contributed by atoms with Gasteiger partial charge in [-0.3, -0.25) is 4.57 Å². The first-order valence-corrected chi connectivity index (χ1v) is 6.20. The molecule has 0 radical (unpaired) electrons. The Morgan fingerprint density at radius 3 is 2.67 bits per heavy atom. The molecular formula is C11H15O3P. The van der Waals surface area contributed by atoms with Crippen LogP contribution in [0.5, 0.6) is 0 Å². The summed E-state index contributed by atoms with van der Waals surface area (Å²) < 4.78 is 21.8. The summed E-state index contributed by atoms with van der Waals surface area (Å²) in [7, 11) is -2.31. The lowest BCUT2D eigenvalue weighted by Crippen LogP contribution is -2.31. The summed E-state index contributed by atoms with van der Waals surface area (Å²) in [5, 5.41) is 0. The Morgan fingerprint density at radius 2 is 2.00 bits per heavy atom. The SMILES string of the molecule is CC1(C)CO[PH](=O)OC1c1ccccc1. The third-order valence-corrected chi connectivity index (χ3v) is 3.40. The fourth-order valence-electron chi connectivity index (χ4n) is 1.76. The average molecular weight is 226 g/mol. The lowest BCUT2D eigenvalue weighted by Gasteiger charge is -2.37. The summed E-state index contributed by atoms with van der Waals surface area (Å²) in [6.07, 6.45) is -0.140. The molecule has 82 valence electrons. The van der Waals surface area contributed by atoms with Crippen LogP contribution in [-0.4, -0.2) is 6.61 Å². The number of hydrogen-bond donors (Lipinski definition) is 0. The van der Waals surface area contributed by atoms with Crippen molar-refractivity contribution in [3.8, 4) is 0 Å². The molecule has 0 saturated carbocycles. The minimum atomic E-state index is -2.31. The smallest absolute Gasteiger partial charge is 0.310 e. The first kappa shape index (κ1) is 10.9. The van der Waals surface area contributed by atoms with Crippen molar-refractivity contribution in [2.24, 2.45) is 5.41 Å². The van der Waals surface area contributed by atoms with Gasteiger partial charge >= 0.3 is 8.25 Å². The van der Waals surface area contributed by atoms with E-state index >= 15 is 0 Å². The van der Waals surface area contributed by atoms with Crippen molar-refractivity contribution in [2.75, 3.05) is 6.61 Å². The van der Waals surface area contributed by atoms with Crippen molar-refractivity contribution in [1.82, 2.24) is 0 Å². The number of rotatable bonds is 1. The summed E-state index contributed by atoms with van der Waals surface area (Å²) in [6.45, 7) is 4.59. The molecule has 0 N–H and O–H groups in total. The second-order valence-electron chi connectivity index (χ2n) is 4.44. The number of hydrogen-bond acceptors (Lipinski definition) is 3. The highest BCUT2D eigenvalue weighted by molar-refractivity contribution is 7.33. The predicted molar refractivity (Wildman–Crippen MR) is 59.0 cm³/mol. The van der Waals surface area contributed by atoms with Gasteiger partial charge in [0.25, 0.3) is 0 Å². The van der Waals surface area contributed by atoms with Gasteiger partial charge in [-0.1, -0.05) is 44.2 Å². The molecule has 1 aromatic rings. The largest absolute Gasteiger partial charge is 0.319 e. The van der Waals surface area contributed by atoms with Gasteiger partial charge in [0.05, 0.1) is 12.7 Å². The Morgan fingerprint density at radius 1 is 1.33 bits per heavy atom. The molecule has 0 bridgehead atoms. The molecule has 1 heterocycles. The maximum Gasteiger partial charge on any atom is 0.319 e. The fraction of sp³-hybridized carbons (Fsp3) is 0.455. The molecule has 0 spiro atoms. The van der Waals surface area contributed by atoms with Crippen molar-refractivity contribution in [3.05, 3.63) is 35.9 Å². The zero-order valence-corrected chi connectivity index (χ0v) is 9.90. The second-order valence-corrected chi connectivity index (χ2v) is 5.46. The molecule has 15 heavy (non-hydrogen) atoms. The molecule has 1 saturated heterocycles. The van der Waals surface area contributed by atoms with E-state index in [0.717, 1.165) is 5.56 Å². The molecule has 0 amide bonds. The maximum absolute atomic E-state index is 11.3. The van der Waals surface area contributed by atoms with Crippen molar-refractivity contribution >= 4 is 8.25 Å². The van der Waals surface area contributed by atoms with Gasteiger partial charge in [-0.15, -0.1) is 0 Å². The Labute approximate surface area is 90.4 Å². The highest BCUT2D eigenvalue weighted by atomic mass is 31.1. The van der Waals surface area contributed by atoms with Gasteiger partial charge in [0, 0.05) is 5.41 Å². The molecule has 2 rings (SSSR count). The topological polar surface area (TPSA) is 35.5 Å². The minimum Gasteiger partial charge on any atom is -0.310 e. The van der Waals surface area contributed by atoms with Crippen LogP contribution in [0.4, 0.5) is 0 Å². The summed E-state index contributed by atoms with van der Waals surface area (Å²) in [5.41, 5.74) is 0.920. The van der Waals surface area contributed by atoms with Gasteiger partial charge in [-0.25, -0.2) is 0 Å². The monoisotopic (exact) mass is 226 g/mol. The maximum atomic E-state index is 11.3.